The van der Waals surface area contributed by atoms with E-state index in [4.69, 9.17) is 9.40 Å². The number of hydrogen-bond acceptors (Lipinski definition) is 4. The largest absolute Gasteiger partial charge is 0.436 e. The van der Waals surface area contributed by atoms with Gasteiger partial charge in [0.05, 0.1) is 28.0 Å². The number of fused-ring (bicyclic) bond motifs is 4. The highest BCUT2D eigenvalue weighted by atomic mass is 16.3. The maximum atomic E-state index is 6.27. The summed E-state index contributed by atoms with van der Waals surface area (Å²) in [5.74, 6) is 0.558. The van der Waals surface area contributed by atoms with Crippen molar-refractivity contribution in [3.8, 4) is 34.1 Å². The van der Waals surface area contributed by atoms with E-state index < -0.39 is 0 Å². The van der Waals surface area contributed by atoms with E-state index in [1.807, 2.05) is 65.6 Å². The van der Waals surface area contributed by atoms with Crippen molar-refractivity contribution in [3.63, 3.8) is 0 Å². The van der Waals surface area contributed by atoms with E-state index >= 15 is 0 Å². The fourth-order valence-corrected chi connectivity index (χ4v) is 5.38. The van der Waals surface area contributed by atoms with Gasteiger partial charge in [0.25, 0.3) is 0 Å². The Labute approximate surface area is 223 Å². The molecule has 0 fully saturated rings. The van der Waals surface area contributed by atoms with Gasteiger partial charge in [0.15, 0.2) is 5.58 Å². The van der Waals surface area contributed by atoms with Gasteiger partial charge in [-0.1, -0.05) is 48.5 Å². The number of rotatable bonds is 4. The molecule has 0 atom stereocenters. The lowest BCUT2D eigenvalue weighted by Crippen LogP contribution is -1.99. The molecule has 4 aromatic carbocycles. The fourth-order valence-electron chi connectivity index (χ4n) is 5.38. The van der Waals surface area contributed by atoms with Gasteiger partial charge in [0, 0.05) is 40.6 Å². The molecule has 0 saturated heterocycles. The van der Waals surface area contributed by atoms with Crippen molar-refractivity contribution in [1.29, 1.82) is 0 Å². The zero-order valence-corrected chi connectivity index (χ0v) is 20.8. The van der Waals surface area contributed by atoms with Crippen LogP contribution < -0.4 is 0 Å². The standard InChI is InChI=1S/C33H21N5O/c1-3-14-29-24(11-1)25-20-30(37-18-8-17-35-37)26(33-36-28-13-2-4-15-32(28)39-33)21-31(25)38(29)23-10-7-9-22(19-23)27-12-5-6-16-34-27/h1-21H. The van der Waals surface area contributed by atoms with E-state index in [-0.39, 0.29) is 0 Å². The topological polar surface area (TPSA) is 61.7 Å². The van der Waals surface area contributed by atoms with Crippen LogP contribution in [0.2, 0.25) is 0 Å². The van der Waals surface area contributed by atoms with Crippen molar-refractivity contribution in [2.45, 2.75) is 0 Å². The van der Waals surface area contributed by atoms with Gasteiger partial charge in [-0.05, 0) is 60.7 Å². The monoisotopic (exact) mass is 503 g/mol. The maximum absolute atomic E-state index is 6.27. The smallest absolute Gasteiger partial charge is 0.229 e. The zero-order valence-electron chi connectivity index (χ0n) is 20.8. The van der Waals surface area contributed by atoms with Crippen LogP contribution in [-0.2, 0) is 0 Å². The summed E-state index contributed by atoms with van der Waals surface area (Å²) in [7, 11) is 0. The minimum Gasteiger partial charge on any atom is -0.436 e. The number of benzene rings is 4. The van der Waals surface area contributed by atoms with Gasteiger partial charge in [-0.3, -0.25) is 4.98 Å². The Kier molecular flexibility index (Phi) is 4.72. The SMILES string of the molecule is c1ccc(-c2cccc(-n3c4ccccc4c4cc(-n5cccn5)c(-c5nc6ccccc6o5)cc43)c2)nc1. The van der Waals surface area contributed by atoms with Crippen LogP contribution >= 0.6 is 0 Å². The van der Waals surface area contributed by atoms with Crippen molar-refractivity contribution in [1.82, 2.24) is 24.3 Å². The van der Waals surface area contributed by atoms with Crippen LogP contribution in [0.15, 0.2) is 132 Å². The lowest BCUT2D eigenvalue weighted by molar-refractivity contribution is 0.619. The summed E-state index contributed by atoms with van der Waals surface area (Å²) in [6.07, 6.45) is 5.56. The number of nitrogens with zero attached hydrogens (tertiary/aromatic N) is 5. The highest BCUT2D eigenvalue weighted by molar-refractivity contribution is 6.11. The van der Waals surface area contributed by atoms with Gasteiger partial charge < -0.3 is 8.98 Å². The summed E-state index contributed by atoms with van der Waals surface area (Å²) >= 11 is 0. The number of hydrogen-bond donors (Lipinski definition) is 0. The number of para-hydroxylation sites is 3. The highest BCUT2D eigenvalue weighted by Crippen LogP contribution is 2.39. The molecule has 6 nitrogen and oxygen atoms in total. The van der Waals surface area contributed by atoms with Gasteiger partial charge in [-0.2, -0.15) is 5.10 Å². The van der Waals surface area contributed by atoms with Crippen molar-refractivity contribution >= 4 is 32.9 Å². The zero-order chi connectivity index (χ0) is 25.8. The minimum atomic E-state index is 0.558. The first kappa shape index (κ1) is 21.6. The number of pyridine rings is 1. The molecule has 39 heavy (non-hydrogen) atoms. The predicted molar refractivity (Wildman–Crippen MR) is 154 cm³/mol. The van der Waals surface area contributed by atoms with Crippen LogP contribution in [0.4, 0.5) is 0 Å². The van der Waals surface area contributed by atoms with Crippen LogP contribution in [0.3, 0.4) is 0 Å². The van der Waals surface area contributed by atoms with Gasteiger partial charge in [-0.25, -0.2) is 9.67 Å². The molecule has 0 unspecified atom stereocenters. The van der Waals surface area contributed by atoms with Crippen LogP contribution in [-0.4, -0.2) is 24.3 Å². The quantitative estimate of drug-likeness (QED) is 0.245. The lowest BCUT2D eigenvalue weighted by Gasteiger charge is -2.12. The molecule has 0 spiro atoms. The molecule has 184 valence electrons. The maximum Gasteiger partial charge on any atom is 0.229 e. The molecule has 4 aromatic heterocycles. The molecule has 8 rings (SSSR count). The van der Waals surface area contributed by atoms with E-state index in [0.717, 1.165) is 61.1 Å². The summed E-state index contributed by atoms with van der Waals surface area (Å²) in [4.78, 5) is 9.42. The van der Waals surface area contributed by atoms with Crippen LogP contribution in [0.5, 0.6) is 0 Å². The van der Waals surface area contributed by atoms with Gasteiger partial charge in [-0.15, -0.1) is 0 Å². The normalized spacial score (nSPS) is 11.6. The molecule has 0 aliphatic heterocycles. The molecular weight excluding hydrogens is 482 g/mol. The van der Waals surface area contributed by atoms with Crippen LogP contribution in [0.1, 0.15) is 0 Å². The molecule has 0 aliphatic rings. The second kappa shape index (κ2) is 8.53. The van der Waals surface area contributed by atoms with E-state index in [9.17, 15) is 0 Å². The molecule has 0 aliphatic carbocycles. The summed E-state index contributed by atoms with van der Waals surface area (Å²) < 4.78 is 10.4. The average Bonchev–Trinajstić information content (AvgIpc) is 3.75. The minimum absolute atomic E-state index is 0.558. The molecule has 6 heteroatoms. The van der Waals surface area contributed by atoms with Gasteiger partial charge >= 0.3 is 0 Å². The van der Waals surface area contributed by atoms with E-state index in [0.29, 0.717) is 5.89 Å². The highest BCUT2D eigenvalue weighted by Gasteiger charge is 2.20. The Bertz CT molecular complexity index is 2090. The lowest BCUT2D eigenvalue weighted by atomic mass is 10.1. The average molecular weight is 504 g/mol. The molecule has 0 radical (unpaired) electrons. The fraction of sp³-hybridized carbons (Fsp3) is 0. The third-order valence-corrected chi connectivity index (χ3v) is 7.13. The second-order valence-corrected chi connectivity index (χ2v) is 9.44. The van der Waals surface area contributed by atoms with Gasteiger partial charge in [0.2, 0.25) is 5.89 Å². The first-order chi connectivity index (χ1) is 19.3. The van der Waals surface area contributed by atoms with E-state index in [2.05, 4.69) is 75.3 Å². The van der Waals surface area contributed by atoms with Gasteiger partial charge in [0.1, 0.15) is 5.52 Å². The van der Waals surface area contributed by atoms with Crippen LogP contribution in [0.25, 0.3) is 67.0 Å². The summed E-state index contributed by atoms with van der Waals surface area (Å²) in [5, 5.41) is 6.84. The second-order valence-electron chi connectivity index (χ2n) is 9.44. The van der Waals surface area contributed by atoms with Crippen molar-refractivity contribution in [3.05, 3.63) is 128 Å². The summed E-state index contributed by atoms with van der Waals surface area (Å²) in [6.45, 7) is 0. The summed E-state index contributed by atoms with van der Waals surface area (Å²) in [6, 6.07) is 37.1. The molecular formula is C33H21N5O. The molecule has 0 amide bonds. The first-order valence-corrected chi connectivity index (χ1v) is 12.8. The Balaban J connectivity index is 1.45. The molecule has 0 N–H and O–H groups in total. The van der Waals surface area contributed by atoms with Crippen molar-refractivity contribution in [2.24, 2.45) is 0 Å². The molecule has 0 saturated carbocycles. The Hall–Kier alpha value is -5.49. The van der Waals surface area contributed by atoms with E-state index in [1.165, 1.54) is 0 Å². The molecule has 4 heterocycles. The Morgan fingerprint density at radius 1 is 0.667 bits per heavy atom. The van der Waals surface area contributed by atoms with E-state index in [1.54, 1.807) is 6.20 Å². The Morgan fingerprint density at radius 2 is 1.56 bits per heavy atom. The molecule has 8 aromatic rings. The van der Waals surface area contributed by atoms with Crippen molar-refractivity contribution < 1.29 is 4.42 Å². The van der Waals surface area contributed by atoms with Crippen molar-refractivity contribution in [2.75, 3.05) is 0 Å². The third-order valence-electron chi connectivity index (χ3n) is 7.13. The Morgan fingerprint density at radius 3 is 2.44 bits per heavy atom. The van der Waals surface area contributed by atoms with Crippen LogP contribution in [0, 0.1) is 0 Å². The first-order valence-electron chi connectivity index (χ1n) is 12.8. The number of oxazole rings is 1. The summed E-state index contributed by atoms with van der Waals surface area (Å²) in [5.41, 5.74) is 8.58. The molecule has 0 bridgehead atoms. The number of aromatic nitrogens is 5. The third kappa shape index (κ3) is 3.46. The predicted octanol–water partition coefficient (Wildman–Crippen LogP) is 7.84.